The summed E-state index contributed by atoms with van der Waals surface area (Å²) in [5, 5.41) is 3.81. The van der Waals surface area contributed by atoms with Crippen LogP contribution in [0.3, 0.4) is 0 Å². The number of aryl methyl sites for hydroxylation is 1. The van der Waals surface area contributed by atoms with Crippen LogP contribution in [0.4, 0.5) is 14.6 Å². The van der Waals surface area contributed by atoms with Crippen LogP contribution in [0.15, 0.2) is 29.3 Å². The minimum absolute atomic E-state index is 0.0557. The molecule has 0 N–H and O–H groups in total. The van der Waals surface area contributed by atoms with Gasteiger partial charge in [-0.25, -0.2) is 13.6 Å². The van der Waals surface area contributed by atoms with Gasteiger partial charge in [0.2, 0.25) is 6.08 Å². The molecule has 2 rings (SSSR count). The maximum absolute atomic E-state index is 13.5. The number of hydrogen-bond acceptors (Lipinski definition) is 3. The third-order valence-corrected chi connectivity index (χ3v) is 2.25. The number of aliphatic imine (C=N–C) groups is 1. The molecule has 0 aliphatic rings. The molecule has 0 fully saturated rings. The summed E-state index contributed by atoms with van der Waals surface area (Å²) in [6.07, 6.45) is 1.32. The van der Waals surface area contributed by atoms with Crippen molar-refractivity contribution >= 4 is 11.9 Å². The van der Waals surface area contributed by atoms with Crippen LogP contribution < -0.4 is 0 Å². The standard InChI is InChI=1S/C11H7F2N3O/c1-16-9(5-10(15-16)14-6-17)11-7(12)3-2-4-8(11)13/h2-5H,1H3. The Morgan fingerprint density at radius 1 is 1.35 bits per heavy atom. The minimum Gasteiger partial charge on any atom is -0.266 e. The lowest BCUT2D eigenvalue weighted by atomic mass is 10.1. The highest BCUT2D eigenvalue weighted by Crippen LogP contribution is 2.28. The molecule has 4 nitrogen and oxygen atoms in total. The Kier molecular flexibility index (Phi) is 2.80. The van der Waals surface area contributed by atoms with Crippen molar-refractivity contribution in [3.05, 3.63) is 35.9 Å². The molecule has 0 radical (unpaired) electrons. The van der Waals surface area contributed by atoms with Crippen LogP contribution >= 0.6 is 0 Å². The molecule has 1 aromatic carbocycles. The molecule has 2 aromatic rings. The van der Waals surface area contributed by atoms with Gasteiger partial charge in [0.05, 0.1) is 11.3 Å². The number of aromatic nitrogens is 2. The van der Waals surface area contributed by atoms with Gasteiger partial charge < -0.3 is 0 Å². The number of halogens is 2. The second-order valence-electron chi connectivity index (χ2n) is 3.31. The van der Waals surface area contributed by atoms with Crippen molar-refractivity contribution in [2.45, 2.75) is 0 Å². The molecule has 86 valence electrons. The number of rotatable bonds is 2. The minimum atomic E-state index is -0.699. The predicted molar refractivity (Wildman–Crippen MR) is 56.3 cm³/mol. The van der Waals surface area contributed by atoms with Crippen molar-refractivity contribution < 1.29 is 13.6 Å². The lowest BCUT2D eigenvalue weighted by Crippen LogP contribution is -1.97. The average molecular weight is 235 g/mol. The summed E-state index contributed by atoms with van der Waals surface area (Å²) in [6, 6.07) is 4.88. The van der Waals surface area contributed by atoms with Gasteiger partial charge in [-0.05, 0) is 12.1 Å². The Morgan fingerprint density at radius 3 is 2.59 bits per heavy atom. The van der Waals surface area contributed by atoms with Gasteiger partial charge in [0.15, 0.2) is 5.82 Å². The van der Waals surface area contributed by atoms with E-state index in [9.17, 15) is 13.6 Å². The Bertz CT molecular complexity index is 595. The third-order valence-electron chi connectivity index (χ3n) is 2.25. The molecule has 0 amide bonds. The Balaban J connectivity index is 2.64. The largest absolute Gasteiger partial charge is 0.266 e. The summed E-state index contributed by atoms with van der Waals surface area (Å²) < 4.78 is 28.3. The van der Waals surface area contributed by atoms with Crippen molar-refractivity contribution in [2.75, 3.05) is 0 Å². The number of benzene rings is 1. The number of nitrogens with zero attached hydrogens (tertiary/aromatic N) is 3. The van der Waals surface area contributed by atoms with Crippen molar-refractivity contribution in [1.82, 2.24) is 9.78 Å². The van der Waals surface area contributed by atoms with Crippen LogP contribution in [-0.2, 0) is 11.8 Å². The van der Waals surface area contributed by atoms with Gasteiger partial charge in [-0.15, -0.1) is 4.99 Å². The fraction of sp³-hybridized carbons (Fsp3) is 0.0909. The van der Waals surface area contributed by atoms with Gasteiger partial charge in [-0.2, -0.15) is 5.10 Å². The van der Waals surface area contributed by atoms with Crippen LogP contribution in [0.5, 0.6) is 0 Å². The normalized spacial score (nSPS) is 10.1. The molecule has 0 atom stereocenters. The van der Waals surface area contributed by atoms with E-state index >= 15 is 0 Å². The van der Waals surface area contributed by atoms with E-state index in [1.807, 2.05) is 0 Å². The van der Waals surface area contributed by atoms with Crippen molar-refractivity contribution in [1.29, 1.82) is 0 Å². The van der Waals surface area contributed by atoms with E-state index in [4.69, 9.17) is 0 Å². The van der Waals surface area contributed by atoms with Crippen LogP contribution in [0.2, 0.25) is 0 Å². The average Bonchev–Trinajstić information content (AvgIpc) is 2.60. The lowest BCUT2D eigenvalue weighted by molar-refractivity contribution is 0.565. The highest BCUT2D eigenvalue weighted by Gasteiger charge is 2.15. The van der Waals surface area contributed by atoms with Crippen LogP contribution in [0.25, 0.3) is 11.3 Å². The summed E-state index contributed by atoms with van der Waals surface area (Å²) in [4.78, 5) is 13.4. The summed E-state index contributed by atoms with van der Waals surface area (Å²) in [7, 11) is 1.50. The van der Waals surface area contributed by atoms with Gasteiger partial charge in [0.25, 0.3) is 0 Å². The summed E-state index contributed by atoms with van der Waals surface area (Å²) >= 11 is 0. The maximum atomic E-state index is 13.5. The molecule has 6 heteroatoms. The zero-order valence-electron chi connectivity index (χ0n) is 8.82. The van der Waals surface area contributed by atoms with Crippen LogP contribution in [-0.4, -0.2) is 15.9 Å². The zero-order chi connectivity index (χ0) is 12.4. The molecule has 0 aliphatic heterocycles. The number of carbonyl (C=O) groups excluding carboxylic acids is 1. The first-order valence-electron chi connectivity index (χ1n) is 4.70. The topological polar surface area (TPSA) is 47.2 Å². The van der Waals surface area contributed by atoms with Crippen LogP contribution in [0.1, 0.15) is 0 Å². The molecule has 0 aliphatic carbocycles. The first-order chi connectivity index (χ1) is 8.13. The fourth-order valence-corrected chi connectivity index (χ4v) is 1.53. The van der Waals surface area contributed by atoms with Crippen molar-refractivity contribution in [3.8, 4) is 11.3 Å². The van der Waals surface area contributed by atoms with E-state index < -0.39 is 11.6 Å². The van der Waals surface area contributed by atoms with E-state index in [-0.39, 0.29) is 17.1 Å². The molecule has 0 saturated heterocycles. The monoisotopic (exact) mass is 235 g/mol. The molecule has 0 bridgehead atoms. The fourth-order valence-electron chi connectivity index (χ4n) is 1.53. The molecule has 17 heavy (non-hydrogen) atoms. The Hall–Kier alpha value is -2.33. The van der Waals surface area contributed by atoms with E-state index in [2.05, 4.69) is 10.1 Å². The zero-order valence-corrected chi connectivity index (χ0v) is 8.82. The Morgan fingerprint density at radius 2 is 2.00 bits per heavy atom. The van der Waals surface area contributed by atoms with E-state index in [0.29, 0.717) is 0 Å². The third kappa shape index (κ3) is 1.98. The lowest BCUT2D eigenvalue weighted by Gasteiger charge is -2.04. The molecular weight excluding hydrogens is 228 g/mol. The summed E-state index contributed by atoms with van der Waals surface area (Å²) in [6.45, 7) is 0. The summed E-state index contributed by atoms with van der Waals surface area (Å²) in [5.74, 6) is -1.34. The first kappa shape index (κ1) is 11.2. The van der Waals surface area contributed by atoms with Crippen molar-refractivity contribution in [3.63, 3.8) is 0 Å². The molecular formula is C11H7F2N3O. The molecule has 0 spiro atoms. The van der Waals surface area contributed by atoms with E-state index in [1.54, 1.807) is 0 Å². The highest BCUT2D eigenvalue weighted by molar-refractivity contribution is 5.64. The van der Waals surface area contributed by atoms with Gasteiger partial charge in [-0.1, -0.05) is 6.07 Å². The molecule has 1 heterocycles. The molecule has 0 saturated carbocycles. The number of isocyanates is 1. The molecule has 1 aromatic heterocycles. The second-order valence-corrected chi connectivity index (χ2v) is 3.31. The van der Waals surface area contributed by atoms with Gasteiger partial charge in [0.1, 0.15) is 11.6 Å². The SMILES string of the molecule is Cn1nc(N=C=O)cc1-c1c(F)cccc1F. The van der Waals surface area contributed by atoms with Gasteiger partial charge in [-0.3, -0.25) is 4.68 Å². The van der Waals surface area contributed by atoms with E-state index in [0.717, 1.165) is 12.1 Å². The molecule has 0 unspecified atom stereocenters. The maximum Gasteiger partial charge on any atom is 0.242 e. The predicted octanol–water partition coefficient (Wildman–Crippen LogP) is 2.33. The first-order valence-corrected chi connectivity index (χ1v) is 4.70. The quantitative estimate of drug-likeness (QED) is 0.592. The van der Waals surface area contributed by atoms with E-state index in [1.165, 1.54) is 29.9 Å². The van der Waals surface area contributed by atoms with Gasteiger partial charge >= 0.3 is 0 Å². The van der Waals surface area contributed by atoms with Crippen LogP contribution in [0, 0.1) is 11.6 Å². The summed E-state index contributed by atoms with van der Waals surface area (Å²) in [5.41, 5.74) is 0.00412. The Labute approximate surface area is 95.2 Å². The highest BCUT2D eigenvalue weighted by atomic mass is 19.1. The number of hydrogen-bond donors (Lipinski definition) is 0. The van der Waals surface area contributed by atoms with Gasteiger partial charge in [0, 0.05) is 13.1 Å². The smallest absolute Gasteiger partial charge is 0.242 e. The van der Waals surface area contributed by atoms with Crippen molar-refractivity contribution in [2.24, 2.45) is 12.0 Å². The second kappa shape index (κ2) is 4.27.